The zero-order chi connectivity index (χ0) is 74.2. The fourth-order valence-corrected chi connectivity index (χ4v) is 11.8. The fourth-order valence-electron chi connectivity index (χ4n) is 11.8. The van der Waals surface area contributed by atoms with Crippen molar-refractivity contribution in [3.8, 4) is 0 Å². The van der Waals surface area contributed by atoms with Gasteiger partial charge in [-0.2, -0.15) is 0 Å². The maximum absolute atomic E-state index is 13.7. The minimum atomic E-state index is -1.07. The molecule has 4 fully saturated rings. The number of carbonyl (C=O) groups is 9. The van der Waals surface area contributed by atoms with E-state index in [2.05, 4.69) is 55.5 Å². The van der Waals surface area contributed by atoms with Crippen LogP contribution in [0.25, 0.3) is 0 Å². The topological polar surface area (TPSA) is 401 Å². The highest BCUT2D eigenvalue weighted by atomic mass is 16.6. The quantitative estimate of drug-likeness (QED) is 0.0144. The smallest absolute Gasteiger partial charge is 0.407 e. The van der Waals surface area contributed by atoms with Crippen molar-refractivity contribution in [3.05, 3.63) is 65.8 Å². The first-order valence-corrected chi connectivity index (χ1v) is 36.0. The molecule has 1 spiro atoms. The summed E-state index contributed by atoms with van der Waals surface area (Å²) in [6.07, 6.45) is 11.2. The highest BCUT2D eigenvalue weighted by molar-refractivity contribution is 5.98. The van der Waals surface area contributed by atoms with E-state index in [1.165, 1.54) is 19.1 Å². The third kappa shape index (κ3) is 34.4. The van der Waals surface area contributed by atoms with Crippen LogP contribution < -0.4 is 48.3 Å². The number of alkyl carbamates (subject to hydrolysis) is 1. The number of esters is 1. The average Bonchev–Trinajstić information content (AvgIpc) is 1.60. The van der Waals surface area contributed by atoms with E-state index in [-0.39, 0.29) is 119 Å². The van der Waals surface area contributed by atoms with E-state index in [1.54, 1.807) is 45.0 Å². The van der Waals surface area contributed by atoms with Crippen LogP contribution in [0.3, 0.4) is 0 Å². The van der Waals surface area contributed by atoms with Crippen molar-refractivity contribution >= 4 is 59.2 Å². The minimum Gasteiger partial charge on any atom is -0.459 e. The first-order valence-electron chi connectivity index (χ1n) is 36.0. The van der Waals surface area contributed by atoms with E-state index in [9.17, 15) is 48.3 Å². The molecule has 11 N–H and O–H groups in total. The van der Waals surface area contributed by atoms with Crippen LogP contribution in [0, 0.1) is 11.8 Å². The number of aliphatic hydroxyl groups is 1. The minimum absolute atomic E-state index is 0.0244. The maximum Gasteiger partial charge on any atom is 0.407 e. The first kappa shape index (κ1) is 85.5. The van der Waals surface area contributed by atoms with Crippen LogP contribution in [0.5, 0.6) is 0 Å². The third-order valence-electron chi connectivity index (χ3n) is 17.6. The number of nitrogens with one attached hydrogen (secondary N) is 8. The molecule has 3 saturated heterocycles. The van der Waals surface area contributed by atoms with E-state index >= 15 is 0 Å². The molecule has 30 nitrogen and oxygen atoms in total. The van der Waals surface area contributed by atoms with E-state index in [0.29, 0.717) is 129 Å². The number of allylic oxidation sites excluding steroid dienone is 2. The number of aliphatic hydroxyl groups excluding tert-OH is 1. The number of urea groups is 1. The summed E-state index contributed by atoms with van der Waals surface area (Å²) in [5, 5.41) is 34.0. The zero-order valence-electron chi connectivity index (χ0n) is 60.9. The summed E-state index contributed by atoms with van der Waals surface area (Å²) < 4.78 is 62.1. The van der Waals surface area contributed by atoms with E-state index < -0.39 is 77.9 Å². The summed E-state index contributed by atoms with van der Waals surface area (Å²) in [7, 11) is 0. The molecule has 3 aliphatic heterocycles. The van der Waals surface area contributed by atoms with Gasteiger partial charge in [0.15, 0.2) is 0 Å². The Bertz CT molecular complexity index is 2830. The van der Waals surface area contributed by atoms with Crippen molar-refractivity contribution in [2.24, 2.45) is 17.6 Å². The van der Waals surface area contributed by atoms with Crippen molar-refractivity contribution in [2.75, 3.05) is 104 Å². The molecule has 11 unspecified atom stereocenters. The third-order valence-corrected chi connectivity index (χ3v) is 17.6. The molecule has 0 aromatic heterocycles. The van der Waals surface area contributed by atoms with Gasteiger partial charge < -0.3 is 105 Å². The standard InChI is InChI=1S/C72H115N9O21/c1-9-11-62(83)74-29-31-93-33-35-95-37-39-97-41-40-96-38-36-94-34-32-92-30-27-64(85)81-66(47(2)3)69(89)80-58(12-10-28-75-70(73)90)68(88)77-55-18-16-53(17-19-55)45-98-71(91)78-56-22-20-54(21-23-56)76-65(86)43-57-44-72(46-99-72)67(87)61(102-57)25-14-48(4)13-24-60-49(5)42-59(51(7)101-60)79-63(84)26-15-50(6)100-52(8)82/h13-19,25-26,47,49-51,54,56-61,66-67,87H,9-12,20-24,27-46H2,1-8H3,(H,74,83)(H,76,86)(H,77,88)(H,78,91)(H,79,84)(H,80,89)(H,81,85)(H3,73,75,90). The molecule has 0 radical (unpaired) electrons. The monoisotopic (exact) mass is 1440 g/mol. The number of anilines is 1. The Morgan fingerprint density at radius 1 is 0.706 bits per heavy atom. The maximum atomic E-state index is 13.7. The molecule has 11 atom stereocenters. The zero-order valence-corrected chi connectivity index (χ0v) is 60.9. The molecule has 1 aromatic carbocycles. The average molecular weight is 1440 g/mol. The molecule has 102 heavy (non-hydrogen) atoms. The Balaban J connectivity index is 0.936. The van der Waals surface area contributed by atoms with Gasteiger partial charge in [-0.05, 0) is 114 Å². The lowest BCUT2D eigenvalue weighted by Gasteiger charge is -2.39. The molecule has 574 valence electrons. The molecule has 3 heterocycles. The molecular weight excluding hydrogens is 1330 g/mol. The van der Waals surface area contributed by atoms with Crippen molar-refractivity contribution in [3.63, 3.8) is 0 Å². The molecule has 4 aliphatic rings. The number of hydrogen-bond donors (Lipinski definition) is 10. The van der Waals surface area contributed by atoms with Gasteiger partial charge >= 0.3 is 18.1 Å². The number of benzene rings is 1. The number of amides is 9. The van der Waals surface area contributed by atoms with Gasteiger partial charge in [0.1, 0.15) is 42.6 Å². The van der Waals surface area contributed by atoms with Crippen LogP contribution in [0.15, 0.2) is 60.2 Å². The van der Waals surface area contributed by atoms with Crippen LogP contribution >= 0.6 is 0 Å². The SMILES string of the molecule is CCCC(=O)NCCOCCOCCOCCOCCOCCOCCC(=O)NC(C(=O)NC(CCCNC(N)=O)C(=O)Nc1ccc(COC(=O)NC2CCC(NC(=O)CC3CC4(CO4)C(O)C(C=CC(C)=CCC4OC(C)C(NC(=O)C=CC(C)OC(C)=O)CC4C)O3)CC2)cc1)C(C)C. The summed E-state index contributed by atoms with van der Waals surface area (Å²) in [5.74, 6) is -2.60. The van der Waals surface area contributed by atoms with Gasteiger partial charge in [-0.25, -0.2) is 9.59 Å². The van der Waals surface area contributed by atoms with Gasteiger partial charge in [-0.15, -0.1) is 0 Å². The number of rotatable bonds is 47. The second kappa shape index (κ2) is 47.3. The summed E-state index contributed by atoms with van der Waals surface area (Å²) in [6, 6.07) is 3.39. The van der Waals surface area contributed by atoms with Crippen LogP contribution in [0.2, 0.25) is 0 Å². The molecule has 0 bridgehead atoms. The number of epoxide rings is 1. The number of hydrogen-bond acceptors (Lipinski definition) is 21. The lowest BCUT2D eigenvalue weighted by molar-refractivity contribution is -0.146. The highest BCUT2D eigenvalue weighted by Crippen LogP contribution is 2.43. The van der Waals surface area contributed by atoms with Gasteiger partial charge in [0, 0.05) is 63.1 Å². The van der Waals surface area contributed by atoms with Crippen molar-refractivity contribution in [2.45, 2.75) is 218 Å². The Hall–Kier alpha value is -7.13. The molecule has 30 heteroatoms. The fraction of sp³-hybridized carbons (Fsp3) is 0.708. The molecule has 9 amide bonds. The summed E-state index contributed by atoms with van der Waals surface area (Å²) in [4.78, 5) is 113. The van der Waals surface area contributed by atoms with Crippen LogP contribution in [-0.4, -0.2) is 230 Å². The second-order valence-electron chi connectivity index (χ2n) is 26.7. The number of primary amides is 1. The van der Waals surface area contributed by atoms with E-state index in [1.807, 2.05) is 32.9 Å². The Morgan fingerprint density at radius 3 is 1.90 bits per heavy atom. The molecule has 1 aliphatic carbocycles. The van der Waals surface area contributed by atoms with Crippen LogP contribution in [-0.2, 0) is 92.3 Å². The van der Waals surface area contributed by atoms with Crippen LogP contribution in [0.1, 0.15) is 144 Å². The first-order chi connectivity index (χ1) is 48.9. The second-order valence-corrected chi connectivity index (χ2v) is 26.7. The number of nitrogens with two attached hydrogens (primary N) is 1. The van der Waals surface area contributed by atoms with Gasteiger partial charge in [-0.3, -0.25) is 33.6 Å². The summed E-state index contributed by atoms with van der Waals surface area (Å²) in [5.41, 5.74) is 6.46. The van der Waals surface area contributed by atoms with Crippen molar-refractivity contribution < 1.29 is 100 Å². The number of carbonyl (C=O) groups excluding carboxylic acids is 9. The van der Waals surface area contributed by atoms with Gasteiger partial charge in [-0.1, -0.05) is 63.6 Å². The van der Waals surface area contributed by atoms with Crippen LogP contribution in [0.4, 0.5) is 15.3 Å². The lowest BCUT2D eigenvalue weighted by atomic mass is 9.87. The van der Waals surface area contributed by atoms with Crippen molar-refractivity contribution in [1.82, 2.24) is 37.2 Å². The highest BCUT2D eigenvalue weighted by Gasteiger charge is 2.58. The summed E-state index contributed by atoms with van der Waals surface area (Å²) in [6.45, 7) is 19.6. The molecule has 5 rings (SSSR count). The van der Waals surface area contributed by atoms with Gasteiger partial charge in [0.05, 0.1) is 117 Å². The number of ether oxygens (including phenoxy) is 11. The largest absolute Gasteiger partial charge is 0.459 e. The molecule has 1 aromatic rings. The lowest BCUT2D eigenvalue weighted by Crippen LogP contribution is -2.54. The van der Waals surface area contributed by atoms with Gasteiger partial charge in [0.25, 0.3) is 0 Å². The Kier molecular flexibility index (Phi) is 39.6. The normalized spacial score (nSPS) is 23.5. The van der Waals surface area contributed by atoms with E-state index in [4.69, 9.17) is 57.8 Å². The van der Waals surface area contributed by atoms with Crippen molar-refractivity contribution in [1.29, 1.82) is 0 Å². The predicted octanol–water partition coefficient (Wildman–Crippen LogP) is 4.13. The van der Waals surface area contributed by atoms with E-state index in [0.717, 1.165) is 18.4 Å². The summed E-state index contributed by atoms with van der Waals surface area (Å²) >= 11 is 0. The molecular formula is C72H115N9O21. The molecule has 1 saturated carbocycles. The Labute approximate surface area is 600 Å². The predicted molar refractivity (Wildman–Crippen MR) is 376 cm³/mol. The Morgan fingerprint density at radius 2 is 1.31 bits per heavy atom. The van der Waals surface area contributed by atoms with Gasteiger partial charge in [0.2, 0.25) is 35.4 Å².